The van der Waals surface area contributed by atoms with Crippen LogP contribution in [0.5, 0.6) is 0 Å². The van der Waals surface area contributed by atoms with E-state index in [0.717, 1.165) is 38.5 Å². The van der Waals surface area contributed by atoms with E-state index in [1.54, 1.807) is 0 Å². The Bertz CT molecular complexity index is 1140. The number of phosphoric acid groups is 1. The van der Waals surface area contributed by atoms with Gasteiger partial charge in [-0.25, -0.2) is 0 Å². The van der Waals surface area contributed by atoms with Gasteiger partial charge in [-0.1, -0.05) is 328 Å². The molecule has 0 bridgehead atoms. The minimum atomic E-state index is -4.57. The smallest absolute Gasteiger partial charge is 0.268 e. The fraction of sp³-hybridized carbons (Fsp3) is 0.984. The fourth-order valence-electron chi connectivity index (χ4n) is 10.3. The SMILES string of the molecule is CCCCCCCCCCCCCCCCCCCCCCCCCCCCCCCCCCCCCCCC(=O)NC(COP(=O)([O-])OCC[N+](C)(C)C)C(O)CCCCCCCCCCCCCCC. The molecule has 0 aromatic carbocycles. The molecule has 8 nitrogen and oxygen atoms in total. The molecule has 0 aromatic heterocycles. The summed E-state index contributed by atoms with van der Waals surface area (Å²) in [5.41, 5.74) is 0. The largest absolute Gasteiger partial charge is 0.756 e. The Hall–Kier alpha value is -0.500. The third-order valence-electron chi connectivity index (χ3n) is 15.3. The molecule has 0 saturated heterocycles. The van der Waals surface area contributed by atoms with Crippen LogP contribution in [0.1, 0.15) is 348 Å². The van der Waals surface area contributed by atoms with E-state index in [0.29, 0.717) is 23.9 Å². The van der Waals surface area contributed by atoms with Crippen molar-refractivity contribution in [1.82, 2.24) is 5.32 Å². The van der Waals surface area contributed by atoms with E-state index in [4.69, 9.17) is 9.05 Å². The van der Waals surface area contributed by atoms with E-state index in [1.807, 2.05) is 21.1 Å². The van der Waals surface area contributed by atoms with Gasteiger partial charge in [-0.2, -0.15) is 0 Å². The number of nitrogens with one attached hydrogen (secondary N) is 1. The van der Waals surface area contributed by atoms with Crippen LogP contribution in [0.25, 0.3) is 0 Å². The first-order valence-electron chi connectivity index (χ1n) is 32.4. The number of likely N-dealkylation sites (N-methyl/N-ethyl adjacent to an activating group) is 1. The van der Waals surface area contributed by atoms with Crippen molar-refractivity contribution in [3.05, 3.63) is 0 Å². The first-order valence-corrected chi connectivity index (χ1v) is 33.8. The Morgan fingerprint density at radius 3 is 0.944 bits per heavy atom. The third-order valence-corrected chi connectivity index (χ3v) is 16.3. The standard InChI is InChI=1S/C63H129N2O6P/c1-6-8-10-12-14-16-18-20-21-22-23-24-25-26-27-28-29-30-31-32-33-34-35-36-37-38-39-40-41-42-43-45-47-49-51-53-55-57-63(67)64-61(60-71-72(68,69)70-59-58-65(3,4)5)62(66)56-54-52-50-48-46-44-19-17-15-13-11-9-7-2/h61-62,66H,6-60H2,1-5H3,(H-,64,67,68,69). The first kappa shape index (κ1) is 71.5. The molecule has 0 radical (unpaired) electrons. The van der Waals surface area contributed by atoms with E-state index >= 15 is 0 Å². The summed E-state index contributed by atoms with van der Waals surface area (Å²) in [5, 5.41) is 14.0. The minimum absolute atomic E-state index is 0.0165. The lowest BCUT2D eigenvalue weighted by Crippen LogP contribution is -2.46. The van der Waals surface area contributed by atoms with Crippen molar-refractivity contribution in [3.63, 3.8) is 0 Å². The van der Waals surface area contributed by atoms with Crippen LogP contribution in [-0.4, -0.2) is 68.5 Å². The van der Waals surface area contributed by atoms with Crippen LogP contribution in [0.4, 0.5) is 0 Å². The predicted molar refractivity (Wildman–Crippen MR) is 312 cm³/mol. The number of aliphatic hydroxyl groups excluding tert-OH is 1. The van der Waals surface area contributed by atoms with E-state index in [9.17, 15) is 19.4 Å². The lowest BCUT2D eigenvalue weighted by atomic mass is 10.0. The second-order valence-corrected chi connectivity index (χ2v) is 25.3. The summed E-state index contributed by atoms with van der Waals surface area (Å²) in [6, 6.07) is -0.795. The van der Waals surface area contributed by atoms with Crippen molar-refractivity contribution in [1.29, 1.82) is 0 Å². The second kappa shape index (κ2) is 55.3. The average molecular weight is 1040 g/mol. The second-order valence-electron chi connectivity index (χ2n) is 23.8. The van der Waals surface area contributed by atoms with Crippen LogP contribution >= 0.6 is 7.82 Å². The number of quaternary nitrogens is 1. The summed E-state index contributed by atoms with van der Waals surface area (Å²) in [6.45, 7) is 4.77. The fourth-order valence-corrected chi connectivity index (χ4v) is 11.0. The van der Waals surface area contributed by atoms with Gasteiger partial charge in [0.2, 0.25) is 5.91 Å². The number of rotatable bonds is 61. The summed E-state index contributed by atoms with van der Waals surface area (Å²) in [5.74, 6) is -0.156. The molecule has 1 amide bonds. The molecule has 72 heavy (non-hydrogen) atoms. The summed E-state index contributed by atoms with van der Waals surface area (Å²) in [6.07, 6.45) is 67.6. The number of carbonyl (C=O) groups excluding carboxylic acids is 1. The summed E-state index contributed by atoms with van der Waals surface area (Å²) in [4.78, 5) is 25.5. The summed E-state index contributed by atoms with van der Waals surface area (Å²) in [7, 11) is 1.33. The highest BCUT2D eigenvalue weighted by Crippen LogP contribution is 2.38. The normalized spacial score (nSPS) is 13.7. The van der Waals surface area contributed by atoms with Gasteiger partial charge in [0.05, 0.1) is 39.9 Å². The molecule has 9 heteroatoms. The third kappa shape index (κ3) is 57.2. The van der Waals surface area contributed by atoms with Crippen LogP contribution in [0.3, 0.4) is 0 Å². The number of hydrogen-bond donors (Lipinski definition) is 2. The number of hydrogen-bond acceptors (Lipinski definition) is 6. The van der Waals surface area contributed by atoms with Crippen molar-refractivity contribution in [2.45, 2.75) is 360 Å². The average Bonchev–Trinajstić information content (AvgIpc) is 3.34. The maximum absolute atomic E-state index is 13.0. The van der Waals surface area contributed by atoms with Crippen molar-refractivity contribution in [2.75, 3.05) is 40.9 Å². The molecule has 0 heterocycles. The van der Waals surface area contributed by atoms with Crippen molar-refractivity contribution >= 4 is 13.7 Å². The molecule has 3 atom stereocenters. The van der Waals surface area contributed by atoms with Crippen LogP contribution in [0.2, 0.25) is 0 Å². The van der Waals surface area contributed by atoms with Crippen molar-refractivity contribution in [2.24, 2.45) is 0 Å². The van der Waals surface area contributed by atoms with Gasteiger partial charge in [-0.3, -0.25) is 9.36 Å². The van der Waals surface area contributed by atoms with Gasteiger partial charge in [0.1, 0.15) is 13.2 Å². The van der Waals surface area contributed by atoms with E-state index in [2.05, 4.69) is 19.2 Å². The molecular weight excluding hydrogens is 912 g/mol. The molecule has 0 spiro atoms. The maximum atomic E-state index is 13.0. The zero-order valence-electron chi connectivity index (χ0n) is 49.4. The lowest BCUT2D eigenvalue weighted by Gasteiger charge is -2.30. The van der Waals surface area contributed by atoms with Gasteiger partial charge in [0.25, 0.3) is 7.82 Å². The number of nitrogens with zero attached hydrogens (tertiary/aromatic N) is 1. The van der Waals surface area contributed by atoms with Gasteiger partial charge in [0, 0.05) is 6.42 Å². The molecule has 0 saturated carbocycles. The van der Waals surface area contributed by atoms with Gasteiger partial charge < -0.3 is 28.8 Å². The molecule has 0 aliphatic heterocycles. The number of aliphatic hydroxyl groups is 1. The topological polar surface area (TPSA) is 108 Å². The number of carbonyl (C=O) groups is 1. The Kier molecular flexibility index (Phi) is 54.9. The molecule has 0 rings (SSSR count). The lowest BCUT2D eigenvalue weighted by molar-refractivity contribution is -0.870. The number of phosphoric ester groups is 1. The van der Waals surface area contributed by atoms with Gasteiger partial charge in [-0.05, 0) is 12.8 Å². The molecule has 2 N–H and O–H groups in total. The molecule has 0 aromatic rings. The molecule has 0 aliphatic rings. The summed E-state index contributed by atoms with van der Waals surface area (Å²) < 4.78 is 23.4. The summed E-state index contributed by atoms with van der Waals surface area (Å²) >= 11 is 0. The van der Waals surface area contributed by atoms with Gasteiger partial charge in [-0.15, -0.1) is 0 Å². The molecular formula is C63H129N2O6P. The van der Waals surface area contributed by atoms with E-state index < -0.39 is 20.0 Å². The predicted octanol–water partition coefficient (Wildman–Crippen LogP) is 19.4. The Labute approximate surface area is 450 Å². The highest BCUT2D eigenvalue weighted by molar-refractivity contribution is 7.45. The van der Waals surface area contributed by atoms with Crippen LogP contribution in [0.15, 0.2) is 0 Å². The zero-order valence-corrected chi connectivity index (χ0v) is 50.3. The van der Waals surface area contributed by atoms with E-state index in [1.165, 1.54) is 283 Å². The van der Waals surface area contributed by atoms with Crippen LogP contribution in [-0.2, 0) is 18.4 Å². The van der Waals surface area contributed by atoms with Gasteiger partial charge >= 0.3 is 0 Å². The number of amides is 1. The minimum Gasteiger partial charge on any atom is -0.756 e. The van der Waals surface area contributed by atoms with Crippen LogP contribution < -0.4 is 10.2 Å². The van der Waals surface area contributed by atoms with Crippen molar-refractivity contribution in [3.8, 4) is 0 Å². The zero-order chi connectivity index (χ0) is 52.7. The monoisotopic (exact) mass is 1040 g/mol. The van der Waals surface area contributed by atoms with Crippen molar-refractivity contribution < 1.29 is 32.9 Å². The highest BCUT2D eigenvalue weighted by Gasteiger charge is 2.24. The number of unbranched alkanes of at least 4 members (excludes halogenated alkanes) is 48. The van der Waals surface area contributed by atoms with Crippen LogP contribution in [0, 0.1) is 0 Å². The molecule has 0 fully saturated rings. The molecule has 3 unspecified atom stereocenters. The molecule has 0 aliphatic carbocycles. The van der Waals surface area contributed by atoms with Gasteiger partial charge in [0.15, 0.2) is 0 Å². The molecule has 432 valence electrons. The Morgan fingerprint density at radius 1 is 0.431 bits per heavy atom. The maximum Gasteiger partial charge on any atom is 0.268 e. The Morgan fingerprint density at radius 2 is 0.681 bits per heavy atom. The van der Waals surface area contributed by atoms with E-state index in [-0.39, 0.29) is 19.1 Å². The first-order chi connectivity index (χ1) is 35.0. The quantitative estimate of drug-likeness (QED) is 0.0357. The Balaban J connectivity index is 3.82. The highest BCUT2D eigenvalue weighted by atomic mass is 31.2.